The lowest BCUT2D eigenvalue weighted by Gasteiger charge is -2.55. The van der Waals surface area contributed by atoms with E-state index in [1.54, 1.807) is 0 Å². The average Bonchev–Trinajstić information content (AvgIpc) is 2.37. The van der Waals surface area contributed by atoms with Crippen LogP contribution in [0.5, 0.6) is 0 Å². The van der Waals surface area contributed by atoms with E-state index >= 15 is 0 Å². The van der Waals surface area contributed by atoms with Crippen LogP contribution >= 0.6 is 0 Å². The van der Waals surface area contributed by atoms with Crippen LogP contribution in [0.25, 0.3) is 0 Å². The highest BCUT2D eigenvalue weighted by molar-refractivity contribution is 5.10. The molecule has 0 bridgehead atoms. The Labute approximate surface area is 105 Å². The summed E-state index contributed by atoms with van der Waals surface area (Å²) in [6.07, 6.45) is -0.652. The molecule has 2 nitrogen and oxygen atoms in total. The summed E-state index contributed by atoms with van der Waals surface area (Å²) in [5.41, 5.74) is 0.191. The Morgan fingerprint density at radius 1 is 0.882 bits per heavy atom. The van der Waals surface area contributed by atoms with Crippen molar-refractivity contribution in [2.75, 3.05) is 26.2 Å². The predicted octanol–water partition coefficient (Wildman–Crippen LogP) is 2.54. The van der Waals surface area contributed by atoms with Crippen LogP contribution in [0, 0.1) is 5.41 Å². The summed E-state index contributed by atoms with van der Waals surface area (Å²) in [6.45, 7) is 16.5. The molecule has 0 aromatic heterocycles. The van der Waals surface area contributed by atoms with Gasteiger partial charge in [0, 0.05) is 42.7 Å². The SMILES string of the molecule is CC(C)(C)N1CC(F)C2(C1)CN(C(C)(C)C)C2. The first kappa shape index (κ1) is 13.3. The summed E-state index contributed by atoms with van der Waals surface area (Å²) in [4.78, 5) is 4.70. The maximum Gasteiger partial charge on any atom is 0.122 e. The number of rotatable bonds is 0. The summed E-state index contributed by atoms with van der Waals surface area (Å²) in [5, 5.41) is 0. The molecular weight excluding hydrogens is 215 g/mol. The van der Waals surface area contributed by atoms with E-state index in [9.17, 15) is 4.39 Å². The van der Waals surface area contributed by atoms with Crippen molar-refractivity contribution in [3.05, 3.63) is 0 Å². The Balaban J connectivity index is 2.02. The fraction of sp³-hybridized carbons (Fsp3) is 1.00. The highest BCUT2D eigenvalue weighted by Crippen LogP contribution is 2.45. The molecule has 2 rings (SSSR count). The van der Waals surface area contributed by atoms with Crippen LogP contribution in [0.2, 0.25) is 0 Å². The van der Waals surface area contributed by atoms with Crippen molar-refractivity contribution in [1.82, 2.24) is 9.80 Å². The number of halogens is 1. The van der Waals surface area contributed by atoms with Gasteiger partial charge in [0.2, 0.25) is 0 Å². The van der Waals surface area contributed by atoms with Crippen molar-refractivity contribution >= 4 is 0 Å². The van der Waals surface area contributed by atoms with Crippen molar-refractivity contribution in [1.29, 1.82) is 0 Å². The minimum atomic E-state index is -0.652. The van der Waals surface area contributed by atoms with E-state index in [0.717, 1.165) is 19.6 Å². The number of likely N-dealkylation sites (tertiary alicyclic amines) is 2. The fourth-order valence-electron chi connectivity index (χ4n) is 2.93. The molecule has 0 saturated carbocycles. The molecule has 0 amide bonds. The van der Waals surface area contributed by atoms with Gasteiger partial charge in [0.05, 0.1) is 0 Å². The Hall–Kier alpha value is -0.150. The predicted molar refractivity (Wildman–Crippen MR) is 70.0 cm³/mol. The molecule has 1 spiro atoms. The van der Waals surface area contributed by atoms with E-state index in [4.69, 9.17) is 0 Å². The molecule has 0 radical (unpaired) electrons. The molecule has 3 heteroatoms. The van der Waals surface area contributed by atoms with E-state index in [1.807, 2.05) is 0 Å². The van der Waals surface area contributed by atoms with Crippen LogP contribution in [-0.4, -0.2) is 53.2 Å². The first-order valence-corrected chi connectivity index (χ1v) is 6.69. The highest BCUT2D eigenvalue weighted by Gasteiger charge is 2.57. The van der Waals surface area contributed by atoms with Gasteiger partial charge in [-0.3, -0.25) is 9.80 Å². The number of hydrogen-bond acceptors (Lipinski definition) is 2. The Morgan fingerprint density at radius 3 is 1.65 bits per heavy atom. The molecule has 2 aliphatic heterocycles. The van der Waals surface area contributed by atoms with Crippen LogP contribution in [-0.2, 0) is 0 Å². The van der Waals surface area contributed by atoms with Gasteiger partial charge >= 0.3 is 0 Å². The van der Waals surface area contributed by atoms with Gasteiger partial charge in [0.15, 0.2) is 0 Å². The molecule has 0 aromatic carbocycles. The zero-order valence-electron chi connectivity index (χ0n) is 12.2. The third kappa shape index (κ3) is 2.24. The zero-order chi connectivity index (χ0) is 13.1. The number of hydrogen-bond donors (Lipinski definition) is 0. The molecule has 1 unspecified atom stereocenters. The van der Waals surface area contributed by atoms with Crippen LogP contribution in [0.3, 0.4) is 0 Å². The lowest BCUT2D eigenvalue weighted by atomic mass is 9.75. The molecule has 2 aliphatic rings. The van der Waals surface area contributed by atoms with Crippen molar-refractivity contribution in [3.63, 3.8) is 0 Å². The molecule has 100 valence electrons. The second-order valence-electron chi connectivity index (χ2n) is 7.91. The summed E-state index contributed by atoms with van der Waals surface area (Å²) in [6, 6.07) is 0. The van der Waals surface area contributed by atoms with Crippen molar-refractivity contribution < 1.29 is 4.39 Å². The van der Waals surface area contributed by atoms with Crippen molar-refractivity contribution in [2.45, 2.75) is 58.8 Å². The monoisotopic (exact) mass is 242 g/mol. The van der Waals surface area contributed by atoms with E-state index in [-0.39, 0.29) is 16.5 Å². The summed E-state index contributed by atoms with van der Waals surface area (Å²) in [7, 11) is 0. The smallest absolute Gasteiger partial charge is 0.122 e. The van der Waals surface area contributed by atoms with Crippen LogP contribution in [0.15, 0.2) is 0 Å². The minimum Gasteiger partial charge on any atom is -0.297 e. The Kier molecular flexibility index (Phi) is 2.87. The van der Waals surface area contributed by atoms with Gasteiger partial charge in [-0.05, 0) is 41.5 Å². The molecule has 1 atom stereocenters. The van der Waals surface area contributed by atoms with Crippen molar-refractivity contribution in [3.8, 4) is 0 Å². The zero-order valence-corrected chi connectivity index (χ0v) is 12.2. The van der Waals surface area contributed by atoms with E-state index in [2.05, 4.69) is 51.3 Å². The lowest BCUT2D eigenvalue weighted by Crippen LogP contribution is -2.66. The maximum absolute atomic E-state index is 14.3. The summed E-state index contributed by atoms with van der Waals surface area (Å²) < 4.78 is 14.3. The first-order valence-electron chi connectivity index (χ1n) is 6.69. The van der Waals surface area contributed by atoms with Gasteiger partial charge in [0.25, 0.3) is 0 Å². The molecule has 17 heavy (non-hydrogen) atoms. The largest absolute Gasteiger partial charge is 0.297 e. The van der Waals surface area contributed by atoms with E-state index < -0.39 is 6.17 Å². The van der Waals surface area contributed by atoms with Crippen LogP contribution in [0.4, 0.5) is 4.39 Å². The summed E-state index contributed by atoms with van der Waals surface area (Å²) in [5.74, 6) is 0. The quantitative estimate of drug-likeness (QED) is 0.644. The van der Waals surface area contributed by atoms with Crippen LogP contribution in [0.1, 0.15) is 41.5 Å². The maximum atomic E-state index is 14.3. The van der Waals surface area contributed by atoms with E-state index in [0.29, 0.717) is 6.54 Å². The molecule has 2 heterocycles. The van der Waals surface area contributed by atoms with Gasteiger partial charge < -0.3 is 0 Å². The molecule has 2 fully saturated rings. The minimum absolute atomic E-state index is 0.0828. The second-order valence-corrected chi connectivity index (χ2v) is 7.91. The van der Waals surface area contributed by atoms with E-state index in [1.165, 1.54) is 0 Å². The topological polar surface area (TPSA) is 6.48 Å². The second kappa shape index (κ2) is 3.67. The standard InChI is InChI=1S/C14H27FN2/c1-12(2,3)16-7-11(15)14(8-16)9-17(10-14)13(4,5)6/h11H,7-10H2,1-6H3. The molecule has 0 N–H and O–H groups in total. The van der Waals surface area contributed by atoms with Gasteiger partial charge in [0.1, 0.15) is 6.17 Å². The Bertz CT molecular complexity index is 294. The van der Waals surface area contributed by atoms with Crippen molar-refractivity contribution in [2.24, 2.45) is 5.41 Å². The first-order chi connectivity index (χ1) is 7.55. The molecule has 0 aromatic rings. The normalized spacial score (nSPS) is 30.9. The van der Waals surface area contributed by atoms with Gasteiger partial charge in [-0.2, -0.15) is 0 Å². The molecule has 0 aliphatic carbocycles. The number of alkyl halides is 1. The number of nitrogens with zero attached hydrogens (tertiary/aromatic N) is 2. The van der Waals surface area contributed by atoms with Gasteiger partial charge in [-0.1, -0.05) is 0 Å². The van der Waals surface area contributed by atoms with Gasteiger partial charge in [-0.25, -0.2) is 4.39 Å². The average molecular weight is 242 g/mol. The fourth-order valence-corrected chi connectivity index (χ4v) is 2.93. The van der Waals surface area contributed by atoms with Crippen LogP contribution < -0.4 is 0 Å². The van der Waals surface area contributed by atoms with Gasteiger partial charge in [-0.15, -0.1) is 0 Å². The third-order valence-electron chi connectivity index (χ3n) is 4.46. The highest BCUT2D eigenvalue weighted by atomic mass is 19.1. The lowest BCUT2D eigenvalue weighted by molar-refractivity contribution is -0.0825. The summed E-state index contributed by atoms with van der Waals surface area (Å²) >= 11 is 0. The third-order valence-corrected chi connectivity index (χ3v) is 4.46. The molecular formula is C14H27FN2. The molecule has 2 saturated heterocycles. The Morgan fingerprint density at radius 2 is 1.29 bits per heavy atom.